The van der Waals surface area contributed by atoms with Crippen LogP contribution in [0.2, 0.25) is 0 Å². The van der Waals surface area contributed by atoms with Gasteiger partial charge >= 0.3 is 5.97 Å². The molecule has 4 rings (SSSR count). The molecule has 0 aromatic heterocycles. The van der Waals surface area contributed by atoms with Gasteiger partial charge in [0.15, 0.2) is 17.2 Å². The predicted octanol–water partition coefficient (Wildman–Crippen LogP) is 4.27. The summed E-state index contributed by atoms with van der Waals surface area (Å²) >= 11 is 0. The second-order valence-corrected chi connectivity index (χ2v) is 9.78. The lowest BCUT2D eigenvalue weighted by molar-refractivity contribution is -0.191. The number of carbonyl (C=O) groups excluding carboxylic acids is 3. The van der Waals surface area contributed by atoms with Crippen molar-refractivity contribution in [1.82, 2.24) is 0 Å². The van der Waals surface area contributed by atoms with Crippen LogP contribution >= 0.6 is 0 Å². The monoisotopic (exact) mass is 372 g/mol. The normalized spacial score (nSPS) is 46.0. The minimum atomic E-state index is -0.979. The van der Waals surface area contributed by atoms with Crippen molar-refractivity contribution >= 4 is 17.5 Å². The van der Waals surface area contributed by atoms with Crippen LogP contribution < -0.4 is 0 Å². The van der Waals surface area contributed by atoms with Crippen LogP contribution in [0.3, 0.4) is 0 Å². The highest BCUT2D eigenvalue weighted by molar-refractivity contribution is 5.91. The number of allylic oxidation sites excluding steroid dienone is 1. The molecule has 4 aliphatic carbocycles. The van der Waals surface area contributed by atoms with Gasteiger partial charge in [-0.3, -0.25) is 14.4 Å². The van der Waals surface area contributed by atoms with Crippen molar-refractivity contribution in [2.75, 3.05) is 0 Å². The Labute approximate surface area is 162 Å². The zero-order valence-corrected chi connectivity index (χ0v) is 17.0. The van der Waals surface area contributed by atoms with Gasteiger partial charge < -0.3 is 4.74 Å². The molecule has 3 saturated carbocycles. The van der Waals surface area contributed by atoms with Gasteiger partial charge in [-0.1, -0.05) is 19.4 Å². The van der Waals surface area contributed by atoms with E-state index in [4.69, 9.17) is 4.74 Å². The van der Waals surface area contributed by atoms with Gasteiger partial charge in [0, 0.05) is 24.7 Å². The Hall–Kier alpha value is -1.45. The molecule has 0 radical (unpaired) electrons. The predicted molar refractivity (Wildman–Crippen MR) is 102 cm³/mol. The van der Waals surface area contributed by atoms with Crippen LogP contribution in [-0.4, -0.2) is 23.1 Å². The lowest BCUT2D eigenvalue weighted by atomic mass is 9.50. The molecular weight excluding hydrogens is 340 g/mol. The molecule has 4 heteroatoms. The summed E-state index contributed by atoms with van der Waals surface area (Å²) in [5.41, 5.74) is 0.115. The Morgan fingerprint density at radius 2 is 1.85 bits per heavy atom. The van der Waals surface area contributed by atoms with Gasteiger partial charge in [0.25, 0.3) is 0 Å². The molecule has 0 heterocycles. The van der Waals surface area contributed by atoms with Crippen molar-refractivity contribution < 1.29 is 19.1 Å². The summed E-state index contributed by atoms with van der Waals surface area (Å²) in [4.78, 5) is 36.7. The van der Waals surface area contributed by atoms with Crippen molar-refractivity contribution in [2.45, 2.75) is 78.2 Å². The standard InChI is InChI=1S/C23H32O4/c1-13-11-21-20-7-5-16-12-17(26)6-8-18(16)19(20)9-10-22(21,4)23(13,14(2)24)27-15(3)25/h12-13,18-21H,5-11H2,1-4H3. The van der Waals surface area contributed by atoms with Crippen LogP contribution in [0.1, 0.15) is 72.6 Å². The van der Waals surface area contributed by atoms with Gasteiger partial charge in [-0.05, 0) is 75.2 Å². The molecular formula is C23H32O4. The Balaban J connectivity index is 1.70. The van der Waals surface area contributed by atoms with Crippen LogP contribution in [0.5, 0.6) is 0 Å². The summed E-state index contributed by atoms with van der Waals surface area (Å²) < 4.78 is 5.90. The SMILES string of the molecule is CC(=O)OC1(C(C)=O)C(C)CC2C3CCC4=CC(=O)CCC4C3CCC21C. The van der Waals surface area contributed by atoms with E-state index in [0.29, 0.717) is 35.9 Å². The average molecular weight is 373 g/mol. The van der Waals surface area contributed by atoms with Crippen molar-refractivity contribution in [1.29, 1.82) is 0 Å². The van der Waals surface area contributed by atoms with Crippen LogP contribution in [0.25, 0.3) is 0 Å². The van der Waals surface area contributed by atoms with Gasteiger partial charge in [-0.25, -0.2) is 0 Å². The third-order valence-corrected chi connectivity index (χ3v) is 8.67. The number of rotatable bonds is 2. The Morgan fingerprint density at radius 3 is 2.52 bits per heavy atom. The van der Waals surface area contributed by atoms with Gasteiger partial charge in [-0.2, -0.15) is 0 Å². The van der Waals surface area contributed by atoms with Crippen molar-refractivity contribution in [3.63, 3.8) is 0 Å². The average Bonchev–Trinajstić information content (AvgIpc) is 2.82. The van der Waals surface area contributed by atoms with E-state index in [0.717, 1.165) is 38.5 Å². The van der Waals surface area contributed by atoms with Crippen LogP contribution in [-0.2, 0) is 19.1 Å². The lowest BCUT2D eigenvalue weighted by Gasteiger charge is -2.55. The highest BCUT2D eigenvalue weighted by Gasteiger charge is 2.69. The molecule has 4 aliphatic rings. The second kappa shape index (κ2) is 6.28. The van der Waals surface area contributed by atoms with Crippen LogP contribution in [0.4, 0.5) is 0 Å². The molecule has 0 bridgehead atoms. The number of ketones is 2. The number of carbonyl (C=O) groups is 3. The Morgan fingerprint density at radius 1 is 1.11 bits per heavy atom. The quantitative estimate of drug-likeness (QED) is 0.679. The molecule has 7 unspecified atom stereocenters. The number of hydrogen-bond donors (Lipinski definition) is 0. The Bertz CT molecular complexity index is 722. The molecule has 0 saturated heterocycles. The van der Waals surface area contributed by atoms with E-state index < -0.39 is 5.60 Å². The molecule has 7 atom stereocenters. The fraction of sp³-hybridized carbons (Fsp3) is 0.783. The first-order valence-corrected chi connectivity index (χ1v) is 10.6. The summed E-state index contributed by atoms with van der Waals surface area (Å²) in [5, 5.41) is 0. The summed E-state index contributed by atoms with van der Waals surface area (Å²) in [6, 6.07) is 0. The molecule has 0 N–H and O–H groups in total. The molecule has 0 spiro atoms. The third kappa shape index (κ3) is 2.51. The van der Waals surface area contributed by atoms with Gasteiger partial charge in [-0.15, -0.1) is 0 Å². The summed E-state index contributed by atoms with van der Waals surface area (Å²) in [6.07, 6.45) is 8.65. The van der Waals surface area contributed by atoms with E-state index in [1.54, 1.807) is 6.92 Å². The van der Waals surface area contributed by atoms with E-state index in [2.05, 4.69) is 13.8 Å². The topological polar surface area (TPSA) is 60.4 Å². The van der Waals surface area contributed by atoms with Crippen molar-refractivity contribution in [3.05, 3.63) is 11.6 Å². The minimum absolute atomic E-state index is 0.00769. The maximum Gasteiger partial charge on any atom is 0.303 e. The van der Waals surface area contributed by atoms with E-state index in [1.165, 1.54) is 12.5 Å². The molecule has 148 valence electrons. The highest BCUT2D eigenvalue weighted by Crippen LogP contribution is 2.67. The fourth-order valence-electron chi connectivity index (χ4n) is 7.77. The van der Waals surface area contributed by atoms with Gasteiger partial charge in [0.05, 0.1) is 0 Å². The largest absolute Gasteiger partial charge is 0.450 e. The number of fused-ring (bicyclic) bond motifs is 5. The summed E-state index contributed by atoms with van der Waals surface area (Å²) in [5.74, 6) is 2.14. The Kier molecular flexibility index (Phi) is 4.40. The molecule has 3 fully saturated rings. The van der Waals surface area contributed by atoms with Gasteiger partial charge in [0.2, 0.25) is 0 Å². The number of Topliss-reactive ketones (excluding diaryl/α,β-unsaturated/α-hetero) is 1. The van der Waals surface area contributed by atoms with Gasteiger partial charge in [0.1, 0.15) is 0 Å². The lowest BCUT2D eigenvalue weighted by Crippen LogP contribution is -2.59. The third-order valence-electron chi connectivity index (χ3n) is 8.67. The van der Waals surface area contributed by atoms with Crippen molar-refractivity contribution in [2.24, 2.45) is 35.0 Å². The molecule has 4 nitrogen and oxygen atoms in total. The number of esters is 1. The molecule has 0 aromatic carbocycles. The van der Waals surface area contributed by atoms with Crippen LogP contribution in [0.15, 0.2) is 11.6 Å². The first kappa shape index (κ1) is 18.9. The van der Waals surface area contributed by atoms with Crippen molar-refractivity contribution in [3.8, 4) is 0 Å². The maximum atomic E-state index is 12.9. The minimum Gasteiger partial charge on any atom is -0.450 e. The second-order valence-electron chi connectivity index (χ2n) is 9.78. The zero-order valence-electron chi connectivity index (χ0n) is 17.0. The van der Waals surface area contributed by atoms with E-state index in [1.807, 2.05) is 6.08 Å². The summed E-state index contributed by atoms with van der Waals surface area (Å²) in [7, 11) is 0. The molecule has 0 aliphatic heterocycles. The first-order valence-electron chi connectivity index (χ1n) is 10.6. The zero-order chi connectivity index (χ0) is 19.6. The maximum absolute atomic E-state index is 12.9. The number of hydrogen-bond acceptors (Lipinski definition) is 4. The summed E-state index contributed by atoms with van der Waals surface area (Å²) in [6.45, 7) is 7.33. The first-order chi connectivity index (χ1) is 12.7. The fourth-order valence-corrected chi connectivity index (χ4v) is 7.77. The smallest absolute Gasteiger partial charge is 0.303 e. The molecule has 0 aromatic rings. The molecule has 0 amide bonds. The van der Waals surface area contributed by atoms with E-state index >= 15 is 0 Å². The van der Waals surface area contributed by atoms with Crippen LogP contribution in [0, 0.1) is 35.0 Å². The van der Waals surface area contributed by atoms with E-state index in [-0.39, 0.29) is 23.1 Å². The number of ether oxygens (including phenoxy) is 1. The van der Waals surface area contributed by atoms with E-state index in [9.17, 15) is 14.4 Å². The highest BCUT2D eigenvalue weighted by atomic mass is 16.6. The molecule has 27 heavy (non-hydrogen) atoms.